The molecule has 0 amide bonds. The van der Waals surface area contributed by atoms with Gasteiger partial charge in [0.1, 0.15) is 0 Å². The lowest BCUT2D eigenvalue weighted by Crippen LogP contribution is -2.24. The second kappa shape index (κ2) is 6.30. The highest BCUT2D eigenvalue weighted by Crippen LogP contribution is 2.09. The van der Waals surface area contributed by atoms with Gasteiger partial charge in [-0.05, 0) is 6.92 Å². The molecular weight excluding hydrogens is 164 g/mol. The molecule has 0 saturated carbocycles. The summed E-state index contributed by atoms with van der Waals surface area (Å²) in [5.74, 6) is 1.11. The quantitative estimate of drug-likeness (QED) is 0.211. The number of nitrogens with two attached hydrogens (primary N) is 1. The first-order valence-electron chi connectivity index (χ1n) is 3.30. The van der Waals surface area contributed by atoms with Gasteiger partial charge in [-0.15, -0.1) is 11.8 Å². The normalized spacial score (nSPS) is 14.9. The smallest absolute Gasteiger partial charge is 0.151 e. The van der Waals surface area contributed by atoms with Crippen LogP contribution in [0, 0.1) is 0 Å². The zero-order chi connectivity index (χ0) is 8.69. The molecule has 11 heavy (non-hydrogen) atoms. The number of rotatable bonds is 5. The number of thioether (sulfide) groups is 1. The van der Waals surface area contributed by atoms with E-state index in [-0.39, 0.29) is 11.1 Å². The molecular formula is C6H14N2O2S. The first-order valence-corrected chi connectivity index (χ1v) is 4.35. The Hall–Kier alpha value is -0.420. The summed E-state index contributed by atoms with van der Waals surface area (Å²) in [6.45, 7) is 2.57. The first-order chi connectivity index (χ1) is 5.22. The minimum atomic E-state index is 0.0511. The SMILES string of the molecule is COCCSC(C)C(N)=NO. The third-order valence-electron chi connectivity index (χ3n) is 1.19. The zero-order valence-electron chi connectivity index (χ0n) is 6.78. The summed E-state index contributed by atoms with van der Waals surface area (Å²) in [7, 11) is 1.65. The van der Waals surface area contributed by atoms with Crippen molar-refractivity contribution in [1.29, 1.82) is 0 Å². The highest BCUT2D eigenvalue weighted by Gasteiger charge is 2.06. The van der Waals surface area contributed by atoms with Crippen LogP contribution in [0.4, 0.5) is 0 Å². The van der Waals surface area contributed by atoms with Crippen LogP contribution in [0.5, 0.6) is 0 Å². The first kappa shape index (κ1) is 10.6. The topological polar surface area (TPSA) is 67.8 Å². The molecule has 0 spiro atoms. The van der Waals surface area contributed by atoms with Crippen LogP contribution in [-0.2, 0) is 4.74 Å². The van der Waals surface area contributed by atoms with Crippen molar-refractivity contribution in [3.63, 3.8) is 0 Å². The summed E-state index contributed by atoms with van der Waals surface area (Å²) in [6.07, 6.45) is 0. The molecule has 0 fully saturated rings. The average molecular weight is 178 g/mol. The third-order valence-corrected chi connectivity index (χ3v) is 2.33. The van der Waals surface area contributed by atoms with E-state index < -0.39 is 0 Å². The van der Waals surface area contributed by atoms with Crippen molar-refractivity contribution in [2.45, 2.75) is 12.2 Å². The second-order valence-corrected chi connectivity index (χ2v) is 3.48. The van der Waals surface area contributed by atoms with E-state index in [2.05, 4.69) is 5.16 Å². The number of amidine groups is 1. The van der Waals surface area contributed by atoms with Crippen molar-refractivity contribution in [3.8, 4) is 0 Å². The molecule has 0 aromatic heterocycles. The predicted molar refractivity (Wildman–Crippen MR) is 47.2 cm³/mol. The van der Waals surface area contributed by atoms with Gasteiger partial charge >= 0.3 is 0 Å². The van der Waals surface area contributed by atoms with Crippen LogP contribution >= 0.6 is 11.8 Å². The van der Waals surface area contributed by atoms with E-state index in [4.69, 9.17) is 15.7 Å². The highest BCUT2D eigenvalue weighted by molar-refractivity contribution is 8.00. The minimum Gasteiger partial charge on any atom is -0.409 e. The van der Waals surface area contributed by atoms with Gasteiger partial charge in [-0.2, -0.15) is 0 Å². The van der Waals surface area contributed by atoms with Gasteiger partial charge in [0.25, 0.3) is 0 Å². The van der Waals surface area contributed by atoms with Crippen LogP contribution < -0.4 is 5.73 Å². The van der Waals surface area contributed by atoms with Gasteiger partial charge in [0.15, 0.2) is 5.84 Å². The fourth-order valence-corrected chi connectivity index (χ4v) is 1.31. The third kappa shape index (κ3) is 4.92. The van der Waals surface area contributed by atoms with Crippen molar-refractivity contribution in [2.75, 3.05) is 19.5 Å². The lowest BCUT2D eigenvalue weighted by atomic mass is 10.4. The van der Waals surface area contributed by atoms with Gasteiger partial charge < -0.3 is 15.7 Å². The summed E-state index contributed by atoms with van der Waals surface area (Å²) < 4.78 is 4.84. The molecule has 1 unspecified atom stereocenters. The van der Waals surface area contributed by atoms with Crippen LogP contribution in [0.25, 0.3) is 0 Å². The zero-order valence-corrected chi connectivity index (χ0v) is 7.60. The number of nitrogens with zero attached hydrogens (tertiary/aromatic N) is 1. The van der Waals surface area contributed by atoms with Gasteiger partial charge in [-0.25, -0.2) is 0 Å². The van der Waals surface area contributed by atoms with Crippen LogP contribution in [0.15, 0.2) is 5.16 Å². The molecule has 5 heteroatoms. The van der Waals surface area contributed by atoms with Crippen molar-refractivity contribution >= 4 is 17.6 Å². The van der Waals surface area contributed by atoms with Gasteiger partial charge in [0.05, 0.1) is 11.9 Å². The lowest BCUT2D eigenvalue weighted by molar-refractivity contribution is 0.218. The number of hydrogen-bond acceptors (Lipinski definition) is 4. The van der Waals surface area contributed by atoms with Gasteiger partial charge in [-0.1, -0.05) is 5.16 Å². The van der Waals surface area contributed by atoms with E-state index in [1.54, 1.807) is 18.9 Å². The Bertz CT molecular complexity index is 130. The second-order valence-electron chi connectivity index (χ2n) is 2.03. The molecule has 0 saturated heterocycles. The van der Waals surface area contributed by atoms with Crippen LogP contribution in [0.1, 0.15) is 6.92 Å². The number of oxime groups is 1. The Morgan fingerprint density at radius 3 is 2.91 bits per heavy atom. The fraction of sp³-hybridized carbons (Fsp3) is 0.833. The molecule has 0 rings (SSSR count). The highest BCUT2D eigenvalue weighted by atomic mass is 32.2. The Balaban J connectivity index is 3.44. The minimum absolute atomic E-state index is 0.0511. The van der Waals surface area contributed by atoms with Crippen molar-refractivity contribution in [2.24, 2.45) is 10.9 Å². The Labute approximate surface area is 70.8 Å². The van der Waals surface area contributed by atoms with Gasteiger partial charge in [0.2, 0.25) is 0 Å². The Morgan fingerprint density at radius 2 is 2.45 bits per heavy atom. The molecule has 1 atom stereocenters. The number of methoxy groups -OCH3 is 1. The molecule has 0 aromatic carbocycles. The van der Waals surface area contributed by atoms with E-state index in [0.29, 0.717) is 6.61 Å². The molecule has 0 radical (unpaired) electrons. The predicted octanol–water partition coefficient (Wildman–Crippen LogP) is 0.501. The molecule has 0 aliphatic rings. The maximum atomic E-state index is 8.28. The largest absolute Gasteiger partial charge is 0.409 e. The Kier molecular flexibility index (Phi) is 6.06. The van der Waals surface area contributed by atoms with Crippen LogP contribution in [0.3, 0.4) is 0 Å². The van der Waals surface area contributed by atoms with Crippen LogP contribution in [-0.4, -0.2) is 35.8 Å². The van der Waals surface area contributed by atoms with Crippen LogP contribution in [0.2, 0.25) is 0 Å². The van der Waals surface area contributed by atoms with E-state index in [9.17, 15) is 0 Å². The summed E-state index contributed by atoms with van der Waals surface area (Å²) in [5.41, 5.74) is 5.34. The number of ether oxygens (including phenoxy) is 1. The van der Waals surface area contributed by atoms with Crippen molar-refractivity contribution in [3.05, 3.63) is 0 Å². The van der Waals surface area contributed by atoms with E-state index in [1.807, 2.05) is 6.92 Å². The van der Waals surface area contributed by atoms with E-state index in [1.165, 1.54) is 0 Å². The monoisotopic (exact) mass is 178 g/mol. The average Bonchev–Trinajstić information content (AvgIpc) is 2.03. The number of hydrogen-bond donors (Lipinski definition) is 2. The summed E-state index contributed by atoms with van der Waals surface area (Å²) in [4.78, 5) is 0. The summed E-state index contributed by atoms with van der Waals surface area (Å²) in [6, 6.07) is 0. The maximum absolute atomic E-state index is 8.28. The molecule has 4 nitrogen and oxygen atoms in total. The van der Waals surface area contributed by atoms with Gasteiger partial charge in [-0.3, -0.25) is 0 Å². The maximum Gasteiger partial charge on any atom is 0.151 e. The van der Waals surface area contributed by atoms with E-state index in [0.717, 1.165) is 5.75 Å². The van der Waals surface area contributed by atoms with E-state index >= 15 is 0 Å². The fourth-order valence-electron chi connectivity index (χ4n) is 0.475. The standard InChI is InChI=1S/C6H14N2O2S/c1-5(6(7)8-9)11-4-3-10-2/h5,9H,3-4H2,1-2H3,(H2,7,8). The lowest BCUT2D eigenvalue weighted by Gasteiger charge is -2.07. The Morgan fingerprint density at radius 1 is 1.82 bits per heavy atom. The summed E-state index contributed by atoms with van der Waals surface area (Å²) in [5, 5.41) is 11.2. The van der Waals surface area contributed by atoms with Crippen molar-refractivity contribution in [1.82, 2.24) is 0 Å². The summed E-state index contributed by atoms with van der Waals surface area (Å²) >= 11 is 1.59. The molecule has 0 aliphatic carbocycles. The molecule has 0 aliphatic heterocycles. The molecule has 3 N–H and O–H groups in total. The molecule has 0 aromatic rings. The molecule has 0 heterocycles. The van der Waals surface area contributed by atoms with Crippen molar-refractivity contribution < 1.29 is 9.94 Å². The van der Waals surface area contributed by atoms with Gasteiger partial charge in [0, 0.05) is 12.9 Å². The molecule has 66 valence electrons. The molecule has 0 bridgehead atoms.